The van der Waals surface area contributed by atoms with Gasteiger partial charge in [-0.25, -0.2) is 0 Å². The molecule has 1 aliphatic rings. The second-order valence-electron chi connectivity index (χ2n) is 4.97. The van der Waals surface area contributed by atoms with E-state index in [1.165, 1.54) is 0 Å². The van der Waals surface area contributed by atoms with Gasteiger partial charge in [0, 0.05) is 24.7 Å². The average molecular weight is 235 g/mol. The Kier molecular flexibility index (Phi) is 3.13. The van der Waals surface area contributed by atoms with Crippen molar-refractivity contribution >= 4 is 5.69 Å². The normalized spacial score (nSPS) is 22.6. The first kappa shape index (κ1) is 12.0. The summed E-state index contributed by atoms with van der Waals surface area (Å²) in [7, 11) is 0. The summed E-state index contributed by atoms with van der Waals surface area (Å²) in [5, 5.41) is 17.4. The third-order valence-electron chi connectivity index (χ3n) is 2.98. The monoisotopic (exact) mass is 235 g/mol. The minimum atomic E-state index is -0.373. The first-order valence-corrected chi connectivity index (χ1v) is 5.72. The minimum Gasteiger partial charge on any atom is -0.298 e. The van der Waals surface area contributed by atoms with Crippen molar-refractivity contribution < 1.29 is 4.92 Å². The molecule has 5 heteroatoms. The van der Waals surface area contributed by atoms with Gasteiger partial charge in [0.2, 0.25) is 0 Å². The molecule has 92 valence electrons. The van der Waals surface area contributed by atoms with Gasteiger partial charge in [-0.2, -0.15) is 0 Å². The lowest BCUT2D eigenvalue weighted by atomic mass is 10.1. The molecule has 0 aliphatic carbocycles. The molecule has 0 bridgehead atoms. The van der Waals surface area contributed by atoms with Crippen LogP contribution in [0, 0.1) is 10.1 Å². The van der Waals surface area contributed by atoms with Gasteiger partial charge >= 0.3 is 0 Å². The zero-order valence-electron chi connectivity index (χ0n) is 10.1. The van der Waals surface area contributed by atoms with E-state index in [1.54, 1.807) is 12.1 Å². The van der Waals surface area contributed by atoms with Crippen LogP contribution < -0.4 is 10.6 Å². The Bertz CT molecular complexity index is 414. The summed E-state index contributed by atoms with van der Waals surface area (Å²) in [4.78, 5) is 10.2. The molecule has 0 saturated carbocycles. The average Bonchev–Trinajstić information content (AvgIpc) is 2.59. The van der Waals surface area contributed by atoms with Crippen molar-refractivity contribution in [2.24, 2.45) is 0 Å². The number of nitro benzene ring substituents is 1. The highest BCUT2D eigenvalue weighted by atomic mass is 16.6. The first-order chi connectivity index (χ1) is 7.96. The molecule has 0 aromatic heterocycles. The fourth-order valence-electron chi connectivity index (χ4n) is 2.15. The van der Waals surface area contributed by atoms with Gasteiger partial charge in [-0.15, -0.1) is 0 Å². The van der Waals surface area contributed by atoms with Crippen LogP contribution in [0.1, 0.15) is 19.4 Å². The van der Waals surface area contributed by atoms with E-state index in [4.69, 9.17) is 0 Å². The van der Waals surface area contributed by atoms with Crippen molar-refractivity contribution in [3.05, 3.63) is 39.9 Å². The van der Waals surface area contributed by atoms with Gasteiger partial charge in [0.25, 0.3) is 5.69 Å². The highest BCUT2D eigenvalue weighted by Crippen LogP contribution is 2.15. The lowest BCUT2D eigenvalue weighted by Crippen LogP contribution is -2.44. The number of nitro groups is 1. The van der Waals surface area contributed by atoms with E-state index < -0.39 is 0 Å². The fourth-order valence-corrected chi connectivity index (χ4v) is 2.15. The van der Waals surface area contributed by atoms with Crippen LogP contribution in [-0.4, -0.2) is 23.2 Å². The molecule has 1 atom stereocenters. The smallest absolute Gasteiger partial charge is 0.269 e. The van der Waals surface area contributed by atoms with Crippen LogP contribution in [0.3, 0.4) is 0 Å². The summed E-state index contributed by atoms with van der Waals surface area (Å²) >= 11 is 0. The van der Waals surface area contributed by atoms with Gasteiger partial charge in [0.1, 0.15) is 0 Å². The topological polar surface area (TPSA) is 67.2 Å². The molecule has 1 fully saturated rings. The van der Waals surface area contributed by atoms with E-state index >= 15 is 0 Å². The summed E-state index contributed by atoms with van der Waals surface area (Å²) in [6, 6.07) is 7.15. The molecule has 1 saturated heterocycles. The number of non-ortho nitro benzene ring substituents is 1. The highest BCUT2D eigenvalue weighted by molar-refractivity contribution is 5.33. The van der Waals surface area contributed by atoms with E-state index in [1.807, 2.05) is 12.1 Å². The molecular formula is C12H17N3O2. The molecule has 1 aliphatic heterocycles. The molecule has 17 heavy (non-hydrogen) atoms. The maximum atomic E-state index is 10.5. The molecule has 0 radical (unpaired) electrons. The van der Waals surface area contributed by atoms with Crippen LogP contribution in [0.25, 0.3) is 0 Å². The van der Waals surface area contributed by atoms with Gasteiger partial charge < -0.3 is 0 Å². The van der Waals surface area contributed by atoms with Crippen molar-refractivity contribution in [3.63, 3.8) is 0 Å². The Hall–Kier alpha value is -1.46. The number of hydrogen-bond donors (Lipinski definition) is 2. The molecular weight excluding hydrogens is 218 g/mol. The summed E-state index contributed by atoms with van der Waals surface area (Å²) in [6.45, 7) is 5.12. The number of nitrogens with one attached hydrogen (secondary N) is 2. The molecule has 2 N–H and O–H groups in total. The predicted molar refractivity (Wildman–Crippen MR) is 65.8 cm³/mol. The minimum absolute atomic E-state index is 0.0224. The zero-order chi connectivity index (χ0) is 12.5. The molecule has 1 aromatic rings. The van der Waals surface area contributed by atoms with Gasteiger partial charge in [0.15, 0.2) is 0 Å². The van der Waals surface area contributed by atoms with E-state index in [0.29, 0.717) is 6.04 Å². The highest BCUT2D eigenvalue weighted by Gasteiger charge is 2.28. The molecule has 1 aromatic carbocycles. The predicted octanol–water partition coefficient (Wildman–Crippen LogP) is 1.43. The van der Waals surface area contributed by atoms with E-state index in [0.717, 1.165) is 18.5 Å². The number of nitrogens with zero attached hydrogens (tertiary/aromatic N) is 1. The van der Waals surface area contributed by atoms with Crippen LogP contribution in [0.5, 0.6) is 0 Å². The Labute approximate surface area is 100 Å². The summed E-state index contributed by atoms with van der Waals surface area (Å²) in [5.74, 6) is 0. The van der Waals surface area contributed by atoms with Gasteiger partial charge in [-0.1, -0.05) is 12.1 Å². The number of rotatable bonds is 3. The van der Waals surface area contributed by atoms with Crippen molar-refractivity contribution in [2.75, 3.05) is 6.54 Å². The maximum Gasteiger partial charge on any atom is 0.269 e. The van der Waals surface area contributed by atoms with Crippen LogP contribution in [0.4, 0.5) is 5.69 Å². The zero-order valence-corrected chi connectivity index (χ0v) is 10.1. The Balaban J connectivity index is 1.98. The molecule has 2 rings (SSSR count). The molecule has 0 spiro atoms. The van der Waals surface area contributed by atoms with Gasteiger partial charge in [-0.05, 0) is 25.8 Å². The molecule has 1 heterocycles. The summed E-state index contributed by atoms with van der Waals surface area (Å²) in [6.07, 6.45) is 0.883. The van der Waals surface area contributed by atoms with E-state index in [2.05, 4.69) is 24.5 Å². The molecule has 0 unspecified atom stereocenters. The first-order valence-electron chi connectivity index (χ1n) is 5.72. The standard InChI is InChI=1S/C12H17N3O2/c1-12(2)13-8-10(14-12)7-9-3-5-11(6-4-9)15(16)17/h3-6,10,13-14H,7-8H2,1-2H3/t10-/m0/s1. The Morgan fingerprint density at radius 1 is 1.41 bits per heavy atom. The number of benzene rings is 1. The maximum absolute atomic E-state index is 10.5. The van der Waals surface area contributed by atoms with E-state index in [-0.39, 0.29) is 16.3 Å². The summed E-state index contributed by atoms with van der Waals surface area (Å²) < 4.78 is 0. The largest absolute Gasteiger partial charge is 0.298 e. The molecule has 0 amide bonds. The third-order valence-corrected chi connectivity index (χ3v) is 2.98. The van der Waals surface area contributed by atoms with Gasteiger partial charge in [0.05, 0.1) is 10.6 Å². The second-order valence-corrected chi connectivity index (χ2v) is 4.97. The lowest BCUT2D eigenvalue weighted by Gasteiger charge is -2.19. The quantitative estimate of drug-likeness (QED) is 0.614. The van der Waals surface area contributed by atoms with Crippen molar-refractivity contribution in [2.45, 2.75) is 32.0 Å². The number of hydrogen-bond acceptors (Lipinski definition) is 4. The molecule has 5 nitrogen and oxygen atoms in total. The summed E-state index contributed by atoms with van der Waals surface area (Å²) in [5.41, 5.74) is 1.24. The van der Waals surface area contributed by atoms with Crippen molar-refractivity contribution in [1.82, 2.24) is 10.6 Å². The van der Waals surface area contributed by atoms with Crippen molar-refractivity contribution in [3.8, 4) is 0 Å². The van der Waals surface area contributed by atoms with Crippen LogP contribution in [0.15, 0.2) is 24.3 Å². The SMILES string of the molecule is CC1(C)NC[C@H](Cc2ccc([N+](=O)[O-])cc2)N1. The van der Waals surface area contributed by atoms with Crippen LogP contribution >= 0.6 is 0 Å². The Morgan fingerprint density at radius 3 is 2.53 bits per heavy atom. The van der Waals surface area contributed by atoms with Gasteiger partial charge in [-0.3, -0.25) is 20.7 Å². The second kappa shape index (κ2) is 4.43. The third kappa shape index (κ3) is 3.01. The van der Waals surface area contributed by atoms with E-state index in [9.17, 15) is 10.1 Å². The Morgan fingerprint density at radius 2 is 2.06 bits per heavy atom. The van der Waals surface area contributed by atoms with Crippen LogP contribution in [0.2, 0.25) is 0 Å². The van der Waals surface area contributed by atoms with Crippen LogP contribution in [-0.2, 0) is 6.42 Å². The fraction of sp³-hybridized carbons (Fsp3) is 0.500. The lowest BCUT2D eigenvalue weighted by molar-refractivity contribution is -0.384. The van der Waals surface area contributed by atoms with Crippen molar-refractivity contribution in [1.29, 1.82) is 0 Å².